The predicted octanol–water partition coefficient (Wildman–Crippen LogP) is 3.44. The molecule has 1 aromatic rings. The molecule has 0 fully saturated rings. The Hall–Kier alpha value is -0.260. The van der Waals surface area contributed by atoms with Crippen molar-refractivity contribution >= 4 is 43.2 Å². The first kappa shape index (κ1) is 14.8. The molecule has 0 amide bonds. The summed E-state index contributed by atoms with van der Waals surface area (Å²) in [5, 5.41) is 0. The highest BCUT2D eigenvalue weighted by Crippen LogP contribution is 2.25. The highest BCUT2D eigenvalue weighted by molar-refractivity contribution is 9.10. The average Bonchev–Trinajstić information content (AvgIpc) is 2.22. The molecule has 1 aromatic carbocycles. The summed E-state index contributed by atoms with van der Waals surface area (Å²) in [6.07, 6.45) is 0.450. The van der Waals surface area contributed by atoms with E-state index >= 15 is 0 Å². The molecule has 0 spiro atoms. The molecule has 1 N–H and O–H groups in total. The van der Waals surface area contributed by atoms with Crippen molar-refractivity contribution in [1.82, 2.24) is 0 Å². The Bertz CT molecular complexity index is 479. The zero-order valence-electron chi connectivity index (χ0n) is 9.76. The maximum absolute atomic E-state index is 11.7. The fourth-order valence-electron chi connectivity index (χ4n) is 1.48. The summed E-state index contributed by atoms with van der Waals surface area (Å²) in [6, 6.07) is 3.60. The van der Waals surface area contributed by atoms with Gasteiger partial charge in [0, 0.05) is 16.0 Å². The van der Waals surface area contributed by atoms with Gasteiger partial charge in [0.15, 0.2) is 0 Å². The number of benzene rings is 1. The summed E-state index contributed by atoms with van der Waals surface area (Å²) < 4.78 is 26.9. The van der Waals surface area contributed by atoms with E-state index < -0.39 is 10.0 Å². The molecule has 0 saturated carbocycles. The van der Waals surface area contributed by atoms with Crippen LogP contribution < -0.4 is 4.72 Å². The van der Waals surface area contributed by atoms with E-state index in [1.807, 2.05) is 13.8 Å². The lowest BCUT2D eigenvalue weighted by atomic mass is 10.1. The van der Waals surface area contributed by atoms with Gasteiger partial charge in [0.25, 0.3) is 0 Å². The molecule has 6 heteroatoms. The van der Waals surface area contributed by atoms with E-state index in [0.29, 0.717) is 18.0 Å². The Balaban J connectivity index is 2.89. The lowest BCUT2D eigenvalue weighted by Crippen LogP contribution is -2.17. The minimum atomic E-state index is -3.29. The van der Waals surface area contributed by atoms with Crippen LogP contribution in [-0.4, -0.2) is 20.1 Å². The van der Waals surface area contributed by atoms with Crippen LogP contribution in [0.25, 0.3) is 0 Å². The molecule has 0 aliphatic carbocycles. The average molecular weight is 341 g/mol. The summed E-state index contributed by atoms with van der Waals surface area (Å²) in [6.45, 7) is 3.85. The summed E-state index contributed by atoms with van der Waals surface area (Å²) in [5.74, 6) is 0.393. The second-order valence-electron chi connectivity index (χ2n) is 3.89. The number of rotatable bonds is 5. The molecule has 3 nitrogen and oxygen atoms in total. The number of anilines is 1. The maximum Gasteiger partial charge on any atom is 0.232 e. The molecule has 0 unspecified atom stereocenters. The Labute approximate surface area is 116 Å². The van der Waals surface area contributed by atoms with Crippen LogP contribution in [0.3, 0.4) is 0 Å². The Morgan fingerprint density at radius 1 is 1.29 bits per heavy atom. The van der Waals surface area contributed by atoms with Gasteiger partial charge in [-0.05, 0) is 43.5 Å². The van der Waals surface area contributed by atoms with Crippen LogP contribution in [0.15, 0.2) is 16.6 Å². The van der Waals surface area contributed by atoms with Gasteiger partial charge >= 0.3 is 0 Å². The van der Waals surface area contributed by atoms with E-state index in [1.54, 1.807) is 12.1 Å². The summed E-state index contributed by atoms with van der Waals surface area (Å²) in [7, 11) is -3.29. The molecular formula is C11H15BrClNO2S. The molecule has 96 valence electrons. The number of hydrogen-bond donors (Lipinski definition) is 1. The number of alkyl halides is 1. The third-order valence-electron chi connectivity index (χ3n) is 2.26. The smallest absolute Gasteiger partial charge is 0.232 e. The van der Waals surface area contributed by atoms with Crippen molar-refractivity contribution in [3.8, 4) is 0 Å². The van der Waals surface area contributed by atoms with Crippen molar-refractivity contribution in [1.29, 1.82) is 0 Å². The zero-order valence-corrected chi connectivity index (χ0v) is 12.9. The molecule has 0 bridgehead atoms. The summed E-state index contributed by atoms with van der Waals surface area (Å²) in [4.78, 5) is 0. The topological polar surface area (TPSA) is 46.2 Å². The Morgan fingerprint density at radius 3 is 2.29 bits per heavy atom. The van der Waals surface area contributed by atoms with Crippen molar-refractivity contribution < 1.29 is 8.42 Å². The van der Waals surface area contributed by atoms with Crippen molar-refractivity contribution in [2.75, 3.05) is 16.4 Å². The first-order chi connectivity index (χ1) is 7.85. The molecule has 0 radical (unpaired) electrons. The van der Waals surface area contributed by atoms with Crippen LogP contribution >= 0.6 is 27.5 Å². The lowest BCUT2D eigenvalue weighted by Gasteiger charge is -2.10. The fraction of sp³-hybridized carbons (Fsp3) is 0.455. The minimum absolute atomic E-state index is 0.0463. The molecule has 0 saturated heterocycles. The lowest BCUT2D eigenvalue weighted by molar-refractivity contribution is 0.600. The summed E-state index contributed by atoms with van der Waals surface area (Å²) >= 11 is 8.92. The van der Waals surface area contributed by atoms with Gasteiger partial charge in [-0.3, -0.25) is 4.72 Å². The van der Waals surface area contributed by atoms with Crippen molar-refractivity contribution in [2.24, 2.45) is 0 Å². The minimum Gasteiger partial charge on any atom is -0.284 e. The SMILES string of the molecule is Cc1cc(NS(=O)(=O)CCCCl)cc(C)c1Br. The van der Waals surface area contributed by atoms with Crippen LogP contribution in [-0.2, 0) is 10.0 Å². The second-order valence-corrected chi connectivity index (χ2v) is 6.90. The third kappa shape index (κ3) is 4.48. The van der Waals surface area contributed by atoms with Gasteiger partial charge in [-0.15, -0.1) is 11.6 Å². The molecule has 0 aromatic heterocycles. The maximum atomic E-state index is 11.7. The van der Waals surface area contributed by atoms with Gasteiger partial charge in [0.2, 0.25) is 10.0 Å². The molecular weight excluding hydrogens is 326 g/mol. The molecule has 0 aliphatic rings. The summed E-state index contributed by atoms with van der Waals surface area (Å²) in [5.41, 5.74) is 2.60. The van der Waals surface area contributed by atoms with Crippen LogP contribution in [0.5, 0.6) is 0 Å². The largest absolute Gasteiger partial charge is 0.284 e. The van der Waals surface area contributed by atoms with Gasteiger partial charge in [0.05, 0.1) is 5.75 Å². The first-order valence-electron chi connectivity index (χ1n) is 5.19. The van der Waals surface area contributed by atoms with Crippen LogP contribution in [0.2, 0.25) is 0 Å². The van der Waals surface area contributed by atoms with E-state index in [-0.39, 0.29) is 5.75 Å². The number of hydrogen-bond acceptors (Lipinski definition) is 2. The van der Waals surface area contributed by atoms with E-state index in [4.69, 9.17) is 11.6 Å². The monoisotopic (exact) mass is 339 g/mol. The molecule has 0 atom stereocenters. The quantitative estimate of drug-likeness (QED) is 0.835. The molecule has 0 heterocycles. The second kappa shape index (κ2) is 6.07. The van der Waals surface area contributed by atoms with Gasteiger partial charge in [-0.1, -0.05) is 15.9 Å². The number of halogens is 2. The standard InChI is InChI=1S/C11H15BrClNO2S/c1-8-6-10(7-9(2)11(8)12)14-17(15,16)5-3-4-13/h6-7,14H,3-5H2,1-2H3. The highest BCUT2D eigenvalue weighted by atomic mass is 79.9. The normalized spacial score (nSPS) is 11.5. The zero-order chi connectivity index (χ0) is 13.1. The van der Waals surface area contributed by atoms with Crippen molar-refractivity contribution in [2.45, 2.75) is 20.3 Å². The van der Waals surface area contributed by atoms with Crippen LogP contribution in [0.1, 0.15) is 17.5 Å². The predicted molar refractivity (Wildman–Crippen MR) is 76.4 cm³/mol. The van der Waals surface area contributed by atoms with Gasteiger partial charge in [-0.2, -0.15) is 0 Å². The molecule has 0 aliphatic heterocycles. The number of nitrogens with one attached hydrogen (secondary N) is 1. The third-order valence-corrected chi connectivity index (χ3v) is 5.15. The highest BCUT2D eigenvalue weighted by Gasteiger charge is 2.11. The fourth-order valence-corrected chi connectivity index (χ4v) is 3.10. The Kier molecular flexibility index (Phi) is 5.28. The number of aryl methyl sites for hydroxylation is 2. The van der Waals surface area contributed by atoms with E-state index in [0.717, 1.165) is 15.6 Å². The molecule has 17 heavy (non-hydrogen) atoms. The van der Waals surface area contributed by atoms with Crippen molar-refractivity contribution in [3.63, 3.8) is 0 Å². The van der Waals surface area contributed by atoms with Gasteiger partial charge in [-0.25, -0.2) is 8.42 Å². The van der Waals surface area contributed by atoms with Crippen LogP contribution in [0, 0.1) is 13.8 Å². The van der Waals surface area contributed by atoms with Crippen LogP contribution in [0.4, 0.5) is 5.69 Å². The Morgan fingerprint density at radius 2 is 1.82 bits per heavy atom. The first-order valence-corrected chi connectivity index (χ1v) is 8.17. The molecule has 1 rings (SSSR count). The van der Waals surface area contributed by atoms with Crippen molar-refractivity contribution in [3.05, 3.63) is 27.7 Å². The van der Waals surface area contributed by atoms with E-state index in [9.17, 15) is 8.42 Å². The van der Waals surface area contributed by atoms with E-state index in [2.05, 4.69) is 20.7 Å². The van der Waals surface area contributed by atoms with Gasteiger partial charge < -0.3 is 0 Å². The van der Waals surface area contributed by atoms with E-state index in [1.165, 1.54) is 0 Å². The number of sulfonamides is 1. The van der Waals surface area contributed by atoms with Gasteiger partial charge in [0.1, 0.15) is 0 Å².